The van der Waals surface area contributed by atoms with Gasteiger partial charge in [-0.15, -0.1) is 0 Å². The van der Waals surface area contributed by atoms with Gasteiger partial charge in [-0.25, -0.2) is 4.79 Å². The van der Waals surface area contributed by atoms with Crippen LogP contribution in [-0.2, 0) is 17.5 Å². The van der Waals surface area contributed by atoms with Crippen LogP contribution in [0, 0.1) is 10.1 Å². The molecule has 1 amide bonds. The van der Waals surface area contributed by atoms with E-state index in [1.807, 2.05) is 0 Å². The summed E-state index contributed by atoms with van der Waals surface area (Å²) in [7, 11) is 0. The molecule has 1 fully saturated rings. The van der Waals surface area contributed by atoms with E-state index < -0.39 is 34.0 Å². The standard InChI is InChI=1S/C18H24F3N3O4/c1-12-10-22(7-8-23(12)16(25)28-17(2,3)4)11-13-5-6-14(24(26)27)9-15(13)18(19,20)21/h5-6,9,12H,7-8,10-11H2,1-4H3/t12-/m0/s1. The number of hydrogen-bond donors (Lipinski definition) is 0. The Morgan fingerprint density at radius 2 is 1.93 bits per heavy atom. The molecule has 1 atom stereocenters. The first-order chi connectivity index (χ1) is 12.8. The molecule has 0 bridgehead atoms. The van der Waals surface area contributed by atoms with E-state index in [1.165, 1.54) is 0 Å². The fourth-order valence-corrected chi connectivity index (χ4v) is 3.09. The van der Waals surface area contributed by atoms with Crippen molar-refractivity contribution < 1.29 is 27.6 Å². The number of ether oxygens (including phenoxy) is 1. The summed E-state index contributed by atoms with van der Waals surface area (Å²) < 4.78 is 45.4. The molecule has 0 radical (unpaired) electrons. The van der Waals surface area contributed by atoms with Crippen molar-refractivity contribution >= 4 is 11.8 Å². The molecular formula is C18H24F3N3O4. The smallest absolute Gasteiger partial charge is 0.416 e. The van der Waals surface area contributed by atoms with Gasteiger partial charge in [0.05, 0.1) is 10.5 Å². The van der Waals surface area contributed by atoms with Crippen LogP contribution in [0.15, 0.2) is 18.2 Å². The molecule has 0 unspecified atom stereocenters. The quantitative estimate of drug-likeness (QED) is 0.562. The molecule has 2 rings (SSSR count). The lowest BCUT2D eigenvalue weighted by molar-refractivity contribution is -0.385. The van der Waals surface area contributed by atoms with Gasteiger partial charge in [0.2, 0.25) is 0 Å². The molecule has 28 heavy (non-hydrogen) atoms. The zero-order chi connectivity index (χ0) is 21.3. The predicted molar refractivity (Wildman–Crippen MR) is 95.8 cm³/mol. The Morgan fingerprint density at radius 3 is 2.43 bits per heavy atom. The van der Waals surface area contributed by atoms with Gasteiger partial charge in [-0.2, -0.15) is 13.2 Å². The van der Waals surface area contributed by atoms with Crippen LogP contribution in [0.25, 0.3) is 0 Å². The van der Waals surface area contributed by atoms with E-state index in [0.717, 1.165) is 12.1 Å². The first-order valence-electron chi connectivity index (χ1n) is 8.84. The fraction of sp³-hybridized carbons (Fsp3) is 0.611. The minimum absolute atomic E-state index is 0.0145. The SMILES string of the molecule is C[C@H]1CN(Cc2ccc([N+](=O)[O-])cc2C(F)(F)F)CCN1C(=O)OC(C)(C)C. The van der Waals surface area contributed by atoms with Gasteiger partial charge in [0.25, 0.3) is 5.69 Å². The number of carbonyl (C=O) groups excluding carboxylic acids is 1. The minimum atomic E-state index is -4.69. The third-order valence-electron chi connectivity index (χ3n) is 4.34. The number of nitro groups is 1. The van der Waals surface area contributed by atoms with E-state index in [4.69, 9.17) is 4.74 Å². The zero-order valence-corrected chi connectivity index (χ0v) is 16.2. The summed E-state index contributed by atoms with van der Waals surface area (Å²) in [4.78, 5) is 25.6. The van der Waals surface area contributed by atoms with Gasteiger partial charge in [0.15, 0.2) is 0 Å². The highest BCUT2D eigenvalue weighted by Gasteiger charge is 2.36. The van der Waals surface area contributed by atoms with Crippen molar-refractivity contribution in [1.82, 2.24) is 9.80 Å². The Morgan fingerprint density at radius 1 is 1.29 bits per heavy atom. The van der Waals surface area contributed by atoms with E-state index in [2.05, 4.69) is 0 Å². The van der Waals surface area contributed by atoms with Crippen molar-refractivity contribution in [2.75, 3.05) is 19.6 Å². The van der Waals surface area contributed by atoms with Gasteiger partial charge in [-0.1, -0.05) is 6.07 Å². The van der Waals surface area contributed by atoms with Crippen LogP contribution in [0.5, 0.6) is 0 Å². The molecule has 0 aromatic heterocycles. The van der Waals surface area contributed by atoms with Gasteiger partial charge in [0, 0.05) is 44.4 Å². The molecular weight excluding hydrogens is 379 g/mol. The molecule has 1 aromatic rings. The Hall–Kier alpha value is -2.36. The molecule has 1 aromatic carbocycles. The monoisotopic (exact) mass is 403 g/mol. The number of carbonyl (C=O) groups is 1. The summed E-state index contributed by atoms with van der Waals surface area (Å²) in [5.41, 5.74) is -2.27. The maximum Gasteiger partial charge on any atom is 0.416 e. The number of halogens is 3. The second-order valence-corrected chi connectivity index (χ2v) is 7.85. The lowest BCUT2D eigenvalue weighted by Crippen LogP contribution is -2.54. The Bertz CT molecular complexity index is 747. The molecule has 1 aliphatic heterocycles. The van der Waals surface area contributed by atoms with Crippen LogP contribution >= 0.6 is 0 Å². The second-order valence-electron chi connectivity index (χ2n) is 7.85. The third-order valence-corrected chi connectivity index (χ3v) is 4.34. The highest BCUT2D eigenvalue weighted by atomic mass is 19.4. The summed E-state index contributed by atoms with van der Waals surface area (Å²) in [6, 6.07) is 2.54. The van der Waals surface area contributed by atoms with Crippen molar-refractivity contribution in [3.8, 4) is 0 Å². The summed E-state index contributed by atoms with van der Waals surface area (Å²) in [5.74, 6) is 0. The lowest BCUT2D eigenvalue weighted by Gasteiger charge is -2.40. The number of nitro benzene ring substituents is 1. The Labute approximate surface area is 161 Å². The first kappa shape index (κ1) is 21.9. The van der Waals surface area contributed by atoms with Gasteiger partial charge in [-0.05, 0) is 33.3 Å². The number of benzene rings is 1. The molecule has 156 valence electrons. The van der Waals surface area contributed by atoms with Crippen LogP contribution in [-0.4, -0.2) is 52.1 Å². The molecule has 1 heterocycles. The molecule has 0 spiro atoms. The number of alkyl halides is 3. The summed E-state index contributed by atoms with van der Waals surface area (Å²) >= 11 is 0. The molecule has 10 heteroatoms. The molecule has 0 N–H and O–H groups in total. The number of hydrogen-bond acceptors (Lipinski definition) is 5. The van der Waals surface area contributed by atoms with Crippen molar-refractivity contribution in [3.05, 3.63) is 39.4 Å². The van der Waals surface area contributed by atoms with Gasteiger partial charge in [0.1, 0.15) is 5.60 Å². The van der Waals surface area contributed by atoms with Crippen LogP contribution < -0.4 is 0 Å². The van der Waals surface area contributed by atoms with Gasteiger partial charge < -0.3 is 9.64 Å². The summed E-state index contributed by atoms with van der Waals surface area (Å²) in [6.07, 6.45) is -5.14. The van der Waals surface area contributed by atoms with Crippen molar-refractivity contribution in [3.63, 3.8) is 0 Å². The van der Waals surface area contributed by atoms with E-state index >= 15 is 0 Å². The van der Waals surface area contributed by atoms with E-state index in [1.54, 1.807) is 37.5 Å². The lowest BCUT2D eigenvalue weighted by atomic mass is 10.0. The van der Waals surface area contributed by atoms with Crippen LogP contribution in [0.2, 0.25) is 0 Å². The van der Waals surface area contributed by atoms with Crippen LogP contribution in [0.3, 0.4) is 0 Å². The molecule has 1 saturated heterocycles. The molecule has 7 nitrogen and oxygen atoms in total. The van der Waals surface area contributed by atoms with Crippen molar-refractivity contribution in [2.24, 2.45) is 0 Å². The first-order valence-corrected chi connectivity index (χ1v) is 8.84. The molecule has 0 saturated carbocycles. The van der Waals surface area contributed by atoms with Crippen LogP contribution in [0.4, 0.5) is 23.7 Å². The van der Waals surface area contributed by atoms with E-state index in [9.17, 15) is 28.1 Å². The number of piperazine rings is 1. The van der Waals surface area contributed by atoms with Gasteiger partial charge in [-0.3, -0.25) is 15.0 Å². The van der Waals surface area contributed by atoms with Crippen molar-refractivity contribution in [1.29, 1.82) is 0 Å². The second kappa shape index (κ2) is 7.94. The maximum atomic E-state index is 13.3. The number of nitrogens with zero attached hydrogens (tertiary/aromatic N) is 3. The van der Waals surface area contributed by atoms with E-state index in [-0.39, 0.29) is 18.2 Å². The number of rotatable bonds is 3. The third kappa shape index (κ3) is 5.57. The number of amides is 1. The Balaban J connectivity index is 2.12. The number of non-ortho nitro benzene ring substituents is 1. The largest absolute Gasteiger partial charge is 0.444 e. The van der Waals surface area contributed by atoms with Crippen LogP contribution in [0.1, 0.15) is 38.8 Å². The summed E-state index contributed by atoms with van der Waals surface area (Å²) in [5, 5.41) is 10.8. The van der Waals surface area contributed by atoms with Gasteiger partial charge >= 0.3 is 12.3 Å². The summed E-state index contributed by atoms with van der Waals surface area (Å²) in [6.45, 7) is 8.14. The van der Waals surface area contributed by atoms with Crippen molar-refractivity contribution in [2.45, 2.75) is 52.1 Å². The molecule has 0 aliphatic carbocycles. The average molecular weight is 403 g/mol. The topological polar surface area (TPSA) is 75.9 Å². The zero-order valence-electron chi connectivity index (χ0n) is 16.2. The maximum absolute atomic E-state index is 13.3. The highest BCUT2D eigenvalue weighted by molar-refractivity contribution is 5.68. The molecule has 1 aliphatic rings. The average Bonchev–Trinajstić information content (AvgIpc) is 2.52. The minimum Gasteiger partial charge on any atom is -0.444 e. The fourth-order valence-electron chi connectivity index (χ4n) is 3.09. The Kier molecular flexibility index (Phi) is 6.22. The predicted octanol–water partition coefficient (Wildman–Crippen LogP) is 4.05. The van der Waals surface area contributed by atoms with E-state index in [0.29, 0.717) is 25.7 Å². The normalized spacial score (nSPS) is 18.8. The highest BCUT2D eigenvalue weighted by Crippen LogP contribution is 2.35.